The molecule has 4 aliphatic rings. The lowest BCUT2D eigenvalue weighted by Crippen LogP contribution is -2.57. The minimum absolute atomic E-state index is 0.0201. The zero-order valence-electron chi connectivity index (χ0n) is 35.2. The molecule has 4 aliphatic carbocycles. The summed E-state index contributed by atoms with van der Waals surface area (Å²) in [6.45, 7) is 2.91. The van der Waals surface area contributed by atoms with Crippen molar-refractivity contribution in [2.24, 2.45) is 34.5 Å². The predicted molar refractivity (Wildman–Crippen MR) is 210 cm³/mol. The molecule has 0 saturated heterocycles. The normalized spacial score (nSPS) is 26.0. The van der Waals surface area contributed by atoms with Crippen molar-refractivity contribution in [2.75, 3.05) is 33.5 Å². The maximum atomic E-state index is 13.6. The van der Waals surface area contributed by atoms with Gasteiger partial charge >= 0.3 is 18.1 Å². The van der Waals surface area contributed by atoms with Crippen LogP contribution in [0.4, 0.5) is 4.79 Å². The second-order valence-corrected chi connectivity index (χ2v) is 16.4. The number of aliphatic hydroxyl groups excluding tert-OH is 1. The maximum Gasteiger partial charge on any atom is 0.514 e. The summed E-state index contributed by atoms with van der Waals surface area (Å²) < 4.78 is 21.0. The van der Waals surface area contributed by atoms with Gasteiger partial charge in [0.2, 0.25) is 0 Å². The smallest absolute Gasteiger partial charge is 0.493 e. The average Bonchev–Trinajstić information content (AvgIpc) is 3.56. The molecule has 0 bridgehead atoms. The summed E-state index contributed by atoms with van der Waals surface area (Å²) in [4.78, 5) is 104. The number of ketones is 2. The number of Topliss-reactive ketones (excluding diaryl/α,β-unsaturated/α-hetero) is 1. The highest BCUT2D eigenvalue weighted by atomic mass is 17.0. The number of unbranched alkanes of at least 4 members (excludes halogenated alkanes) is 1. The monoisotopic (exact) mass is 895 g/mol. The number of hydrogen-bond donors (Lipinski definition) is 2. The number of allylic oxidation sites excluding steroid dienone is 1. The highest BCUT2D eigenvalue weighted by Crippen LogP contribution is 2.66. The van der Waals surface area contributed by atoms with Gasteiger partial charge in [0.25, 0.3) is 15.3 Å². The zero-order chi connectivity index (χ0) is 46.5. The largest absolute Gasteiger partial charge is 0.514 e. The SMILES string of the molecule is COc1cc(C(=O)OCCCCC(CO[N+](=O)[O-])O[N+](=O)[O-])ccc1OC(=O)OCC(=O)C1CCC2C3CCC4=CC(=O)CCC4(C)C3C(O)CC12C.O=C(O)CCCO[N+](=O)[O-]. The van der Waals surface area contributed by atoms with E-state index in [2.05, 4.69) is 28.4 Å². The van der Waals surface area contributed by atoms with Crippen LogP contribution in [0.25, 0.3) is 0 Å². The van der Waals surface area contributed by atoms with Gasteiger partial charge in [-0.05, 0) is 117 Å². The van der Waals surface area contributed by atoms with Crippen molar-refractivity contribution in [3.63, 3.8) is 0 Å². The predicted octanol–water partition coefficient (Wildman–Crippen LogP) is 5.07. The lowest BCUT2D eigenvalue weighted by molar-refractivity contribution is -0.790. The summed E-state index contributed by atoms with van der Waals surface area (Å²) >= 11 is 0. The van der Waals surface area contributed by atoms with Gasteiger partial charge in [-0.25, -0.2) is 9.59 Å². The molecule has 0 heterocycles. The molecule has 0 radical (unpaired) electrons. The van der Waals surface area contributed by atoms with Crippen LogP contribution < -0.4 is 9.47 Å². The van der Waals surface area contributed by atoms with Gasteiger partial charge in [0.1, 0.15) is 12.7 Å². The Labute approximate surface area is 360 Å². The number of aliphatic hydroxyl groups is 1. The average molecular weight is 896 g/mol. The van der Waals surface area contributed by atoms with E-state index in [4.69, 9.17) is 24.1 Å². The topological polar surface area (TPSA) is 320 Å². The summed E-state index contributed by atoms with van der Waals surface area (Å²) in [6, 6.07) is 3.94. The lowest BCUT2D eigenvalue weighted by Gasteiger charge is -2.59. The van der Waals surface area contributed by atoms with Gasteiger partial charge in [-0.3, -0.25) is 14.4 Å². The van der Waals surface area contributed by atoms with Crippen LogP contribution in [0.2, 0.25) is 0 Å². The molecule has 3 fully saturated rings. The molecule has 23 nitrogen and oxygen atoms in total. The number of carbonyl (C=O) groups is 5. The number of carboxylic acids is 1. The molecule has 348 valence electrons. The molecule has 0 amide bonds. The first kappa shape index (κ1) is 49.5. The number of rotatable bonds is 21. The van der Waals surface area contributed by atoms with Crippen molar-refractivity contribution in [1.82, 2.24) is 0 Å². The van der Waals surface area contributed by atoms with Crippen molar-refractivity contribution in [1.29, 1.82) is 0 Å². The number of carbonyl (C=O) groups excluding carboxylic acids is 4. The quantitative estimate of drug-likeness (QED) is 0.0534. The van der Waals surface area contributed by atoms with Gasteiger partial charge < -0.3 is 43.7 Å². The van der Waals surface area contributed by atoms with Crippen molar-refractivity contribution in [2.45, 2.75) is 103 Å². The number of benzene rings is 1. The number of aliphatic carboxylic acids is 1. The van der Waals surface area contributed by atoms with Crippen molar-refractivity contribution < 1.29 is 82.9 Å². The number of ether oxygens (including phenoxy) is 4. The van der Waals surface area contributed by atoms with Crippen LogP contribution in [-0.4, -0.2) is 101 Å². The molecule has 8 unspecified atom stereocenters. The lowest BCUT2D eigenvalue weighted by atomic mass is 9.46. The van der Waals surface area contributed by atoms with Gasteiger partial charge in [0, 0.05) is 18.8 Å². The summed E-state index contributed by atoms with van der Waals surface area (Å²) in [5.74, 6) is -1.73. The van der Waals surface area contributed by atoms with Crippen LogP contribution in [0.1, 0.15) is 101 Å². The van der Waals surface area contributed by atoms with E-state index in [1.165, 1.54) is 25.3 Å². The fourth-order valence-electron chi connectivity index (χ4n) is 9.96. The molecule has 5 rings (SSSR count). The minimum Gasteiger partial charge on any atom is -0.493 e. The van der Waals surface area contributed by atoms with E-state index in [-0.39, 0.29) is 97.1 Å². The minimum atomic E-state index is -1.16. The summed E-state index contributed by atoms with van der Waals surface area (Å²) in [5.41, 5.74) is 0.540. The first-order valence-corrected chi connectivity index (χ1v) is 20.5. The Morgan fingerprint density at radius 2 is 1.63 bits per heavy atom. The third-order valence-electron chi connectivity index (χ3n) is 12.7. The van der Waals surface area contributed by atoms with Crippen LogP contribution in [0.15, 0.2) is 29.8 Å². The van der Waals surface area contributed by atoms with Crippen LogP contribution in [0.3, 0.4) is 0 Å². The van der Waals surface area contributed by atoms with Gasteiger partial charge in [-0.1, -0.05) is 19.4 Å². The molecule has 2 N–H and O–H groups in total. The Morgan fingerprint density at radius 1 is 0.905 bits per heavy atom. The van der Waals surface area contributed by atoms with E-state index in [0.29, 0.717) is 19.3 Å². The Kier molecular flexibility index (Phi) is 17.5. The molecule has 8 atom stereocenters. The van der Waals surface area contributed by atoms with E-state index in [1.807, 2.05) is 0 Å². The third-order valence-corrected chi connectivity index (χ3v) is 12.7. The standard InChI is InChI=1S/C36H46N2O15.C4H7NO5/c1-35-14-13-23(39)17-22(35)8-9-25-26-10-11-27(36(26,2)18-28(40)32(25)35)29(41)20-50-34(43)52-30-12-7-21(16-31(30)48-3)33(42)49-15-5-4-6-24(53-38(46)47)19-51-37(44)45;6-4(7)2-1-3-10-5(8)9/h7,12,16-17,24-28,32,40H,4-6,8-11,13-15,18-20H2,1-3H3;1-3H2,(H,6,7). The zero-order valence-corrected chi connectivity index (χ0v) is 35.2. The maximum absolute atomic E-state index is 13.6. The molecule has 3 saturated carbocycles. The van der Waals surface area contributed by atoms with Crippen molar-refractivity contribution >= 4 is 29.7 Å². The van der Waals surface area contributed by atoms with Crippen LogP contribution in [-0.2, 0) is 38.4 Å². The molecule has 1 aromatic carbocycles. The second-order valence-electron chi connectivity index (χ2n) is 16.4. The summed E-state index contributed by atoms with van der Waals surface area (Å²) in [7, 11) is 1.30. The molecular formula is C40H53N3O20. The first-order chi connectivity index (χ1) is 29.8. The molecule has 0 aromatic heterocycles. The number of fused-ring (bicyclic) bond motifs is 5. The molecule has 1 aromatic rings. The Bertz CT molecular complexity index is 1890. The second kappa shape index (κ2) is 22.3. The first-order valence-electron chi connectivity index (χ1n) is 20.5. The Balaban J connectivity index is 0.000000775. The van der Waals surface area contributed by atoms with E-state index in [9.17, 15) is 59.4 Å². The Morgan fingerprint density at radius 3 is 2.30 bits per heavy atom. The molecule has 0 aliphatic heterocycles. The highest BCUT2D eigenvalue weighted by molar-refractivity contribution is 5.92. The van der Waals surface area contributed by atoms with E-state index in [0.717, 1.165) is 31.3 Å². The van der Waals surface area contributed by atoms with Crippen molar-refractivity contribution in [3.05, 3.63) is 65.8 Å². The number of methoxy groups -OCH3 is 1. The van der Waals surface area contributed by atoms with Crippen molar-refractivity contribution in [3.8, 4) is 11.5 Å². The summed E-state index contributed by atoms with van der Waals surface area (Å²) in [6.07, 6.45) is 4.38. The van der Waals surface area contributed by atoms with Crippen LogP contribution in [0, 0.1) is 64.8 Å². The van der Waals surface area contributed by atoms with E-state index >= 15 is 0 Å². The van der Waals surface area contributed by atoms with E-state index < -0.39 is 70.1 Å². The molecule has 23 heteroatoms. The molecule has 63 heavy (non-hydrogen) atoms. The van der Waals surface area contributed by atoms with Gasteiger partial charge in [-0.15, -0.1) is 30.3 Å². The number of carboxylic acid groups (broad SMARTS) is 1. The number of nitrogens with zero attached hydrogens (tertiary/aromatic N) is 3. The summed E-state index contributed by atoms with van der Waals surface area (Å²) in [5, 5.41) is 47.0. The third kappa shape index (κ3) is 13.2. The number of esters is 1. The Hall–Kier alpha value is -6.13. The fourth-order valence-corrected chi connectivity index (χ4v) is 9.96. The van der Waals surface area contributed by atoms with E-state index in [1.54, 1.807) is 6.08 Å². The van der Waals surface area contributed by atoms with Gasteiger partial charge in [-0.2, -0.15) is 0 Å². The van der Waals surface area contributed by atoms with Gasteiger partial charge in [0.15, 0.2) is 29.7 Å². The highest BCUT2D eigenvalue weighted by Gasteiger charge is 2.63. The number of hydrogen-bond acceptors (Lipinski definition) is 19. The van der Waals surface area contributed by atoms with Crippen LogP contribution in [0.5, 0.6) is 11.5 Å². The molecule has 0 spiro atoms. The fraction of sp³-hybridized carbons (Fsp3) is 0.675. The molecular weight excluding hydrogens is 842 g/mol. The van der Waals surface area contributed by atoms with Crippen LogP contribution >= 0.6 is 0 Å². The van der Waals surface area contributed by atoms with Gasteiger partial charge in [0.05, 0.1) is 32.0 Å².